The van der Waals surface area contributed by atoms with Crippen molar-refractivity contribution in [3.63, 3.8) is 0 Å². The zero-order chi connectivity index (χ0) is 9.68. The van der Waals surface area contributed by atoms with E-state index in [9.17, 15) is 0 Å². The largest absolute Gasteiger partial charge is 0.309 e. The van der Waals surface area contributed by atoms with Gasteiger partial charge >= 0.3 is 0 Å². The van der Waals surface area contributed by atoms with E-state index < -0.39 is 0 Å². The second-order valence-corrected chi connectivity index (χ2v) is 3.96. The summed E-state index contributed by atoms with van der Waals surface area (Å²) in [4.78, 5) is 3.92. The van der Waals surface area contributed by atoms with Gasteiger partial charge in [-0.3, -0.25) is 4.98 Å². The highest BCUT2D eigenvalue weighted by Gasteiger charge is 2.01. The Morgan fingerprint density at radius 2 is 2.46 bits per heavy atom. The van der Waals surface area contributed by atoms with Gasteiger partial charge in [0.1, 0.15) is 0 Å². The van der Waals surface area contributed by atoms with Crippen molar-refractivity contribution in [3.05, 3.63) is 29.0 Å². The molecule has 0 amide bonds. The van der Waals surface area contributed by atoms with Crippen molar-refractivity contribution in [2.24, 2.45) is 0 Å². The van der Waals surface area contributed by atoms with Gasteiger partial charge in [0.25, 0.3) is 0 Å². The fourth-order valence-corrected chi connectivity index (χ4v) is 1.30. The Hall–Kier alpha value is -0.120. The summed E-state index contributed by atoms with van der Waals surface area (Å²) in [6.45, 7) is 2.90. The maximum absolute atomic E-state index is 5.94. The van der Waals surface area contributed by atoms with Crippen LogP contribution < -0.4 is 5.32 Å². The maximum Gasteiger partial charge on any atom is 0.0634 e. The Bertz CT molecular complexity index is 268. The molecule has 1 heterocycles. The van der Waals surface area contributed by atoms with Gasteiger partial charge in [0.15, 0.2) is 0 Å². The first-order valence-corrected chi connectivity index (χ1v) is 5.61. The Kier molecular flexibility index (Phi) is 4.70. The van der Waals surface area contributed by atoms with Crippen LogP contribution in [0, 0.1) is 0 Å². The highest BCUT2D eigenvalue weighted by Crippen LogP contribution is 2.12. The lowest BCUT2D eigenvalue weighted by Crippen LogP contribution is -2.26. The standard InChI is InChI=1S/C9H12BrClN2/c1-7(4-10)13-5-8-2-3-12-6-9(8)11/h2-3,6-7,13H,4-5H2,1H3. The number of hydrogen-bond acceptors (Lipinski definition) is 2. The molecule has 0 bridgehead atoms. The van der Waals surface area contributed by atoms with Crippen LogP contribution in [0.25, 0.3) is 0 Å². The Morgan fingerprint density at radius 3 is 3.08 bits per heavy atom. The third kappa shape index (κ3) is 3.63. The van der Waals surface area contributed by atoms with E-state index >= 15 is 0 Å². The number of nitrogens with zero attached hydrogens (tertiary/aromatic N) is 1. The van der Waals surface area contributed by atoms with Crippen molar-refractivity contribution in [3.8, 4) is 0 Å². The van der Waals surface area contributed by atoms with E-state index in [1.807, 2.05) is 6.07 Å². The van der Waals surface area contributed by atoms with E-state index in [2.05, 4.69) is 33.2 Å². The summed E-state index contributed by atoms with van der Waals surface area (Å²) in [5.41, 5.74) is 1.09. The normalized spacial score (nSPS) is 12.8. The molecule has 0 saturated carbocycles. The van der Waals surface area contributed by atoms with Gasteiger partial charge in [-0.2, -0.15) is 0 Å². The fourth-order valence-electron chi connectivity index (χ4n) is 0.886. The highest BCUT2D eigenvalue weighted by atomic mass is 79.9. The van der Waals surface area contributed by atoms with Gasteiger partial charge in [-0.25, -0.2) is 0 Å². The third-order valence-corrected chi connectivity index (χ3v) is 3.04. The summed E-state index contributed by atoms with van der Waals surface area (Å²) in [6, 6.07) is 2.38. The molecule has 0 saturated heterocycles. The molecule has 4 heteroatoms. The van der Waals surface area contributed by atoms with Crippen LogP contribution in [0.3, 0.4) is 0 Å². The first-order valence-electron chi connectivity index (χ1n) is 4.11. The summed E-state index contributed by atoms with van der Waals surface area (Å²) in [7, 11) is 0. The van der Waals surface area contributed by atoms with Gasteiger partial charge in [0.2, 0.25) is 0 Å². The molecule has 1 aromatic rings. The van der Waals surface area contributed by atoms with E-state index in [0.717, 1.165) is 22.5 Å². The minimum atomic E-state index is 0.448. The molecule has 1 aromatic heterocycles. The molecule has 0 aromatic carbocycles. The van der Waals surface area contributed by atoms with E-state index in [0.29, 0.717) is 6.04 Å². The predicted octanol–water partition coefficient (Wildman–Crippen LogP) is 2.61. The Balaban J connectivity index is 2.50. The lowest BCUT2D eigenvalue weighted by molar-refractivity contribution is 0.598. The third-order valence-electron chi connectivity index (χ3n) is 1.73. The van der Waals surface area contributed by atoms with Crippen molar-refractivity contribution in [2.45, 2.75) is 19.5 Å². The molecule has 13 heavy (non-hydrogen) atoms. The molecule has 2 nitrogen and oxygen atoms in total. The van der Waals surface area contributed by atoms with Crippen LogP contribution in [0.15, 0.2) is 18.5 Å². The van der Waals surface area contributed by atoms with Gasteiger partial charge in [-0.05, 0) is 18.6 Å². The molecule has 0 fully saturated rings. The quantitative estimate of drug-likeness (QED) is 0.845. The number of nitrogens with one attached hydrogen (secondary N) is 1. The van der Waals surface area contributed by atoms with Crippen LogP contribution in [-0.4, -0.2) is 16.4 Å². The summed E-state index contributed by atoms with van der Waals surface area (Å²) >= 11 is 9.34. The lowest BCUT2D eigenvalue weighted by Gasteiger charge is -2.10. The molecule has 0 radical (unpaired) electrons. The van der Waals surface area contributed by atoms with Gasteiger partial charge < -0.3 is 5.32 Å². The molecule has 0 spiro atoms. The topological polar surface area (TPSA) is 24.9 Å². The highest BCUT2D eigenvalue weighted by molar-refractivity contribution is 9.09. The molecule has 0 aliphatic rings. The van der Waals surface area contributed by atoms with Crippen LogP contribution in [0.4, 0.5) is 0 Å². The van der Waals surface area contributed by atoms with E-state index in [1.165, 1.54) is 0 Å². The monoisotopic (exact) mass is 262 g/mol. The summed E-state index contributed by atoms with van der Waals surface area (Å²) in [6.07, 6.45) is 3.42. The number of alkyl halides is 1. The van der Waals surface area contributed by atoms with Crippen molar-refractivity contribution < 1.29 is 0 Å². The smallest absolute Gasteiger partial charge is 0.0634 e. The maximum atomic E-state index is 5.94. The SMILES string of the molecule is CC(CBr)NCc1ccncc1Cl. The molecule has 72 valence electrons. The Labute approximate surface area is 91.8 Å². The molecule has 1 unspecified atom stereocenters. The molecular formula is C9H12BrClN2. The number of hydrogen-bond donors (Lipinski definition) is 1. The zero-order valence-corrected chi connectivity index (χ0v) is 9.77. The van der Waals surface area contributed by atoms with Gasteiger partial charge in [0.05, 0.1) is 5.02 Å². The van der Waals surface area contributed by atoms with Crippen molar-refractivity contribution in [1.29, 1.82) is 0 Å². The number of rotatable bonds is 4. The summed E-state index contributed by atoms with van der Waals surface area (Å²) in [5, 5.41) is 4.99. The fraction of sp³-hybridized carbons (Fsp3) is 0.444. The van der Waals surface area contributed by atoms with Gasteiger partial charge in [0, 0.05) is 30.3 Å². The van der Waals surface area contributed by atoms with Crippen LogP contribution in [0.1, 0.15) is 12.5 Å². The Morgan fingerprint density at radius 1 is 1.69 bits per heavy atom. The number of pyridine rings is 1. The zero-order valence-electron chi connectivity index (χ0n) is 7.43. The lowest BCUT2D eigenvalue weighted by atomic mass is 10.2. The molecule has 0 aliphatic heterocycles. The van der Waals surface area contributed by atoms with E-state index in [4.69, 9.17) is 11.6 Å². The van der Waals surface area contributed by atoms with Gasteiger partial charge in [-0.15, -0.1) is 0 Å². The van der Waals surface area contributed by atoms with Crippen LogP contribution >= 0.6 is 27.5 Å². The van der Waals surface area contributed by atoms with Crippen molar-refractivity contribution in [1.82, 2.24) is 10.3 Å². The van der Waals surface area contributed by atoms with Crippen LogP contribution in [0.2, 0.25) is 5.02 Å². The predicted molar refractivity (Wildman–Crippen MR) is 59.3 cm³/mol. The van der Waals surface area contributed by atoms with Crippen molar-refractivity contribution >= 4 is 27.5 Å². The van der Waals surface area contributed by atoms with Crippen molar-refractivity contribution in [2.75, 3.05) is 5.33 Å². The first-order chi connectivity index (χ1) is 6.24. The average Bonchev–Trinajstić information content (AvgIpc) is 2.16. The van der Waals surface area contributed by atoms with Crippen LogP contribution in [-0.2, 0) is 6.54 Å². The summed E-state index contributed by atoms with van der Waals surface area (Å²) in [5.74, 6) is 0. The minimum absolute atomic E-state index is 0.448. The molecule has 1 atom stereocenters. The molecule has 1 N–H and O–H groups in total. The number of aromatic nitrogens is 1. The van der Waals surface area contributed by atoms with E-state index in [1.54, 1.807) is 12.4 Å². The average molecular weight is 264 g/mol. The molecule has 0 aliphatic carbocycles. The van der Waals surface area contributed by atoms with E-state index in [-0.39, 0.29) is 0 Å². The van der Waals surface area contributed by atoms with Crippen LogP contribution in [0.5, 0.6) is 0 Å². The second-order valence-electron chi connectivity index (χ2n) is 2.90. The number of halogens is 2. The molecule has 1 rings (SSSR count). The summed E-state index contributed by atoms with van der Waals surface area (Å²) < 4.78 is 0. The first kappa shape index (κ1) is 11.0. The minimum Gasteiger partial charge on any atom is -0.309 e. The van der Waals surface area contributed by atoms with Gasteiger partial charge in [-0.1, -0.05) is 27.5 Å². The second kappa shape index (κ2) is 5.58. The molecular weight excluding hydrogens is 251 g/mol.